The minimum absolute atomic E-state index is 0.0900. The van der Waals surface area contributed by atoms with Crippen LogP contribution in [-0.2, 0) is 14.4 Å². The molecule has 0 rings (SSSR count). The zero-order chi connectivity index (χ0) is 28.3. The van der Waals surface area contributed by atoms with E-state index in [1.54, 1.807) is 0 Å². The van der Waals surface area contributed by atoms with Crippen molar-refractivity contribution in [2.45, 2.75) is 142 Å². The lowest BCUT2D eigenvalue weighted by molar-refractivity contribution is -0.929. The molecule has 0 spiro atoms. The average molecular weight is 541 g/mol. The molecule has 3 N–H and O–H groups in total. The summed E-state index contributed by atoms with van der Waals surface area (Å²) < 4.78 is 0.639. The smallest absolute Gasteiger partial charge is 0.303 e. The minimum atomic E-state index is -0.826. The molecule has 0 aromatic heterocycles. The first-order chi connectivity index (χ1) is 18.3. The summed E-state index contributed by atoms with van der Waals surface area (Å²) in [6.07, 6.45) is 25.3. The first-order valence-corrected chi connectivity index (χ1v) is 15.5. The van der Waals surface area contributed by atoms with Gasteiger partial charge in [0.15, 0.2) is 0 Å². The lowest BCUT2D eigenvalue weighted by Crippen LogP contribution is -2.51. The third-order valence-electron chi connectivity index (χ3n) is 7.46. The van der Waals surface area contributed by atoms with Crippen LogP contribution in [-0.4, -0.2) is 63.9 Å². The third kappa shape index (κ3) is 24.4. The molecule has 7 nitrogen and oxygen atoms in total. The highest BCUT2D eigenvalue weighted by Gasteiger charge is 2.27. The molecule has 0 fully saturated rings. The molecule has 0 radical (unpaired) electrons. The molecule has 0 atom stereocenters. The second-order valence-corrected chi connectivity index (χ2v) is 11.0. The predicted octanol–water partition coefficient (Wildman–Crippen LogP) is 7.83. The molecule has 0 saturated heterocycles. The quantitative estimate of drug-likeness (QED) is 0.0506. The van der Waals surface area contributed by atoms with E-state index in [2.05, 4.69) is 19.1 Å². The maximum absolute atomic E-state index is 11.1. The van der Waals surface area contributed by atoms with Gasteiger partial charge in [-0.3, -0.25) is 14.4 Å². The maximum Gasteiger partial charge on any atom is 0.303 e. The first-order valence-electron chi connectivity index (χ1n) is 15.5. The van der Waals surface area contributed by atoms with Crippen molar-refractivity contribution in [1.82, 2.24) is 0 Å². The van der Waals surface area contributed by atoms with E-state index in [-0.39, 0.29) is 19.3 Å². The van der Waals surface area contributed by atoms with Crippen molar-refractivity contribution in [2.24, 2.45) is 0 Å². The molecule has 222 valence electrons. The molecule has 0 aromatic carbocycles. The number of allylic oxidation sites excluding steroid dienone is 2. The Morgan fingerprint density at radius 1 is 0.474 bits per heavy atom. The van der Waals surface area contributed by atoms with Crippen LogP contribution < -0.4 is 0 Å². The number of rotatable bonds is 29. The van der Waals surface area contributed by atoms with Gasteiger partial charge in [-0.15, -0.1) is 0 Å². The summed E-state index contributed by atoms with van der Waals surface area (Å²) in [6, 6.07) is 0. The van der Waals surface area contributed by atoms with Crippen LogP contribution >= 0.6 is 0 Å². The van der Waals surface area contributed by atoms with Gasteiger partial charge in [0, 0.05) is 19.3 Å². The van der Waals surface area contributed by atoms with Crippen molar-refractivity contribution in [3.63, 3.8) is 0 Å². The molecule has 7 heteroatoms. The Morgan fingerprint density at radius 3 is 1.16 bits per heavy atom. The van der Waals surface area contributed by atoms with Crippen LogP contribution in [0.5, 0.6) is 0 Å². The highest BCUT2D eigenvalue weighted by atomic mass is 16.4. The Kier molecular flexibility index (Phi) is 24.1. The molecule has 0 aromatic rings. The van der Waals surface area contributed by atoms with Gasteiger partial charge in [0.2, 0.25) is 0 Å². The Bertz CT molecular complexity index is 584. The number of carboxylic acids is 3. The van der Waals surface area contributed by atoms with Crippen LogP contribution in [0.1, 0.15) is 142 Å². The zero-order valence-corrected chi connectivity index (χ0v) is 24.3. The van der Waals surface area contributed by atoms with Gasteiger partial charge in [0.1, 0.15) is 0 Å². The number of carboxylic acid groups (broad SMARTS) is 3. The highest BCUT2D eigenvalue weighted by molar-refractivity contribution is 5.67. The molecular formula is C31H58NO6+. The van der Waals surface area contributed by atoms with Crippen LogP contribution in [0.3, 0.4) is 0 Å². The summed E-state index contributed by atoms with van der Waals surface area (Å²) in [5.41, 5.74) is 0. The van der Waals surface area contributed by atoms with E-state index >= 15 is 0 Å². The minimum Gasteiger partial charge on any atom is -0.481 e. The van der Waals surface area contributed by atoms with Crippen molar-refractivity contribution in [2.75, 3.05) is 26.2 Å². The van der Waals surface area contributed by atoms with E-state index in [1.807, 2.05) is 0 Å². The van der Waals surface area contributed by atoms with Crippen molar-refractivity contribution < 1.29 is 34.2 Å². The van der Waals surface area contributed by atoms with Crippen LogP contribution in [0.25, 0.3) is 0 Å². The molecule has 0 heterocycles. The molecule has 0 bridgehead atoms. The maximum atomic E-state index is 11.1. The molecule has 0 unspecified atom stereocenters. The van der Waals surface area contributed by atoms with Gasteiger partial charge in [0.05, 0.1) is 45.4 Å². The monoisotopic (exact) mass is 540 g/mol. The van der Waals surface area contributed by atoms with E-state index in [4.69, 9.17) is 15.3 Å². The molecule has 0 aliphatic carbocycles. The molecule has 0 saturated carbocycles. The first kappa shape index (κ1) is 36.1. The number of unbranched alkanes of at least 4 members (excludes halogenated alkanes) is 13. The van der Waals surface area contributed by atoms with E-state index < -0.39 is 17.9 Å². The highest BCUT2D eigenvalue weighted by Crippen LogP contribution is 2.18. The number of nitrogens with zero attached hydrogens (tertiary/aromatic N) is 1. The molecule has 0 aliphatic rings. The van der Waals surface area contributed by atoms with E-state index in [1.165, 1.54) is 83.5 Å². The fourth-order valence-electron chi connectivity index (χ4n) is 5.24. The summed E-state index contributed by atoms with van der Waals surface area (Å²) in [7, 11) is 0. The van der Waals surface area contributed by atoms with Gasteiger partial charge >= 0.3 is 17.9 Å². The standard InChI is InChI=1S/C31H57NO6/c1-2-3-4-5-6-7-8-9-10-11-12-13-14-15-16-17-18-25-32(26-19-22-29(33)34,27-20-23-30(35)36)28-21-24-31(37)38/h8-9H,2-7,10-28H2,1H3,(H2-,33,34,35,36,37,38)/p+1/b9-8+. The topological polar surface area (TPSA) is 112 Å². The third-order valence-corrected chi connectivity index (χ3v) is 7.46. The van der Waals surface area contributed by atoms with E-state index in [0.29, 0.717) is 43.4 Å². The SMILES string of the molecule is CCCCCCC/C=C/CCCCCCCCCC[N+](CCCC(=O)O)(CCCC(=O)O)CCCC(=O)O. The van der Waals surface area contributed by atoms with Crippen LogP contribution in [0, 0.1) is 0 Å². The summed E-state index contributed by atoms with van der Waals surface area (Å²) in [6.45, 7) is 5.11. The van der Waals surface area contributed by atoms with Gasteiger partial charge in [-0.1, -0.05) is 76.9 Å². The molecule has 0 aliphatic heterocycles. The summed E-state index contributed by atoms with van der Waals surface area (Å²) in [5, 5.41) is 27.2. The summed E-state index contributed by atoms with van der Waals surface area (Å²) >= 11 is 0. The number of aliphatic carboxylic acids is 3. The van der Waals surface area contributed by atoms with Crippen molar-refractivity contribution >= 4 is 17.9 Å². The largest absolute Gasteiger partial charge is 0.481 e. The second-order valence-electron chi connectivity index (χ2n) is 11.0. The van der Waals surface area contributed by atoms with Crippen molar-refractivity contribution in [1.29, 1.82) is 0 Å². The Hall–Kier alpha value is -1.89. The summed E-state index contributed by atoms with van der Waals surface area (Å²) in [5.74, 6) is -2.48. The molecule has 38 heavy (non-hydrogen) atoms. The van der Waals surface area contributed by atoms with Gasteiger partial charge in [-0.25, -0.2) is 0 Å². The lowest BCUT2D eigenvalue weighted by Gasteiger charge is -2.39. The number of hydrogen-bond donors (Lipinski definition) is 3. The predicted molar refractivity (Wildman–Crippen MR) is 154 cm³/mol. The molecule has 0 amide bonds. The van der Waals surface area contributed by atoms with Crippen LogP contribution in [0.4, 0.5) is 0 Å². The summed E-state index contributed by atoms with van der Waals surface area (Å²) in [4.78, 5) is 33.2. The van der Waals surface area contributed by atoms with Gasteiger partial charge in [-0.05, 0) is 38.5 Å². The fourth-order valence-corrected chi connectivity index (χ4v) is 5.24. The average Bonchev–Trinajstić information content (AvgIpc) is 2.85. The normalized spacial score (nSPS) is 11.8. The van der Waals surface area contributed by atoms with Gasteiger partial charge < -0.3 is 19.8 Å². The van der Waals surface area contributed by atoms with Gasteiger partial charge in [0.25, 0.3) is 0 Å². The van der Waals surface area contributed by atoms with Crippen molar-refractivity contribution in [3.8, 4) is 0 Å². The van der Waals surface area contributed by atoms with E-state index in [9.17, 15) is 14.4 Å². The van der Waals surface area contributed by atoms with Crippen LogP contribution in [0.2, 0.25) is 0 Å². The van der Waals surface area contributed by atoms with Crippen LogP contribution in [0.15, 0.2) is 12.2 Å². The van der Waals surface area contributed by atoms with Crippen molar-refractivity contribution in [3.05, 3.63) is 12.2 Å². The Morgan fingerprint density at radius 2 is 0.789 bits per heavy atom. The van der Waals surface area contributed by atoms with E-state index in [0.717, 1.165) is 19.4 Å². The Labute approximate surface area is 232 Å². The number of carbonyl (C=O) groups is 3. The zero-order valence-electron chi connectivity index (χ0n) is 24.3. The lowest BCUT2D eigenvalue weighted by atomic mass is 10.1. The Balaban J connectivity index is 4.24. The number of hydrogen-bond acceptors (Lipinski definition) is 3. The fraction of sp³-hybridized carbons (Fsp3) is 0.839. The second kappa shape index (κ2) is 25.4. The van der Waals surface area contributed by atoms with Gasteiger partial charge in [-0.2, -0.15) is 0 Å². The number of quaternary nitrogens is 1. The molecular weight excluding hydrogens is 482 g/mol.